The fraction of sp³-hybridized carbons (Fsp3) is 0.478. The maximum Gasteiger partial charge on any atom is 0.252 e. The van der Waals surface area contributed by atoms with Crippen LogP contribution in [0.2, 0.25) is 0 Å². The van der Waals surface area contributed by atoms with Crippen molar-refractivity contribution in [2.45, 2.75) is 33.1 Å². The quantitative estimate of drug-likeness (QED) is 0.804. The molecule has 6 nitrogen and oxygen atoms in total. The SMILES string of the molecule is CC1=C(C(=O)N2CCOCC2)C(c2cccc(O)c2)C2C(=O)CC(C)(C)C=C2N1. The lowest BCUT2D eigenvalue weighted by molar-refractivity contribution is -0.132. The highest BCUT2D eigenvalue weighted by molar-refractivity contribution is 5.99. The number of hydrogen-bond donors (Lipinski definition) is 2. The summed E-state index contributed by atoms with van der Waals surface area (Å²) < 4.78 is 5.40. The Bertz CT molecular complexity index is 909. The molecular formula is C23H28N2O4. The van der Waals surface area contributed by atoms with Crippen LogP contribution in [0, 0.1) is 11.3 Å². The lowest BCUT2D eigenvalue weighted by Gasteiger charge is -2.42. The van der Waals surface area contributed by atoms with E-state index >= 15 is 0 Å². The molecule has 154 valence electrons. The molecule has 6 heteroatoms. The second-order valence-corrected chi connectivity index (χ2v) is 8.85. The number of allylic oxidation sites excluding steroid dienone is 3. The number of aromatic hydroxyl groups is 1. The Morgan fingerprint density at radius 2 is 1.97 bits per heavy atom. The van der Waals surface area contributed by atoms with E-state index in [0.717, 1.165) is 17.0 Å². The van der Waals surface area contributed by atoms with Crippen LogP contribution in [0.3, 0.4) is 0 Å². The number of nitrogens with zero attached hydrogens (tertiary/aromatic N) is 1. The fourth-order valence-electron chi connectivity index (χ4n) is 4.76. The molecule has 2 unspecified atom stereocenters. The van der Waals surface area contributed by atoms with Crippen LogP contribution in [0.25, 0.3) is 0 Å². The third-order valence-corrected chi connectivity index (χ3v) is 6.00. The van der Waals surface area contributed by atoms with Gasteiger partial charge >= 0.3 is 0 Å². The number of phenolic OH excluding ortho intramolecular Hbond substituents is 1. The van der Waals surface area contributed by atoms with E-state index in [0.29, 0.717) is 38.3 Å². The molecule has 1 fully saturated rings. The van der Waals surface area contributed by atoms with E-state index < -0.39 is 11.8 Å². The molecule has 4 rings (SSSR count). The largest absolute Gasteiger partial charge is 0.508 e. The Labute approximate surface area is 171 Å². The molecular weight excluding hydrogens is 368 g/mol. The summed E-state index contributed by atoms with van der Waals surface area (Å²) in [7, 11) is 0. The molecule has 3 aliphatic rings. The third kappa shape index (κ3) is 3.69. The van der Waals surface area contributed by atoms with Crippen LogP contribution in [0.15, 0.2) is 47.3 Å². The van der Waals surface area contributed by atoms with Crippen molar-refractivity contribution in [1.29, 1.82) is 0 Å². The first-order valence-electron chi connectivity index (χ1n) is 10.2. The van der Waals surface area contributed by atoms with Gasteiger partial charge in [0, 0.05) is 42.4 Å². The topological polar surface area (TPSA) is 78.9 Å². The Kier molecular flexibility index (Phi) is 4.99. The number of morpholine rings is 1. The fourth-order valence-corrected chi connectivity index (χ4v) is 4.76. The summed E-state index contributed by atoms with van der Waals surface area (Å²) in [6, 6.07) is 6.92. The van der Waals surface area contributed by atoms with E-state index in [1.54, 1.807) is 23.1 Å². The summed E-state index contributed by atoms with van der Waals surface area (Å²) in [6.45, 7) is 8.10. The molecule has 2 atom stereocenters. The molecule has 1 aromatic rings. The standard InChI is InChI=1S/C23H28N2O4/c1-14-19(22(28)25-7-9-29-10-8-25)20(15-5-4-6-16(26)11-15)21-17(24-14)12-23(2,3)13-18(21)27/h4-6,11-12,20-21,24,26H,7-10,13H2,1-3H3. The molecule has 0 radical (unpaired) electrons. The van der Waals surface area contributed by atoms with E-state index in [1.807, 2.05) is 26.8 Å². The van der Waals surface area contributed by atoms with Gasteiger partial charge in [-0.15, -0.1) is 0 Å². The van der Waals surface area contributed by atoms with Crippen molar-refractivity contribution in [2.75, 3.05) is 26.3 Å². The lowest BCUT2D eigenvalue weighted by Crippen LogP contribution is -2.48. The van der Waals surface area contributed by atoms with Gasteiger partial charge in [0.25, 0.3) is 5.91 Å². The predicted molar refractivity (Wildman–Crippen MR) is 109 cm³/mol. The van der Waals surface area contributed by atoms with Gasteiger partial charge in [0.1, 0.15) is 11.5 Å². The second-order valence-electron chi connectivity index (χ2n) is 8.85. The van der Waals surface area contributed by atoms with Crippen molar-refractivity contribution >= 4 is 11.7 Å². The molecule has 2 N–H and O–H groups in total. The number of benzene rings is 1. The van der Waals surface area contributed by atoms with Crippen LogP contribution >= 0.6 is 0 Å². The maximum absolute atomic E-state index is 13.5. The number of fused-ring (bicyclic) bond motifs is 1. The van der Waals surface area contributed by atoms with E-state index in [-0.39, 0.29) is 22.9 Å². The van der Waals surface area contributed by atoms with Gasteiger partial charge in [0.15, 0.2) is 0 Å². The summed E-state index contributed by atoms with van der Waals surface area (Å²) in [4.78, 5) is 28.6. The van der Waals surface area contributed by atoms with Crippen molar-refractivity contribution in [3.05, 3.63) is 52.9 Å². The number of ketones is 1. The highest BCUT2D eigenvalue weighted by Gasteiger charge is 2.46. The number of amides is 1. The molecule has 1 aromatic carbocycles. The summed E-state index contributed by atoms with van der Waals surface area (Å²) >= 11 is 0. The molecule has 29 heavy (non-hydrogen) atoms. The van der Waals surface area contributed by atoms with Crippen molar-refractivity contribution < 1.29 is 19.4 Å². The molecule has 2 heterocycles. The summed E-state index contributed by atoms with van der Waals surface area (Å²) in [6.07, 6.45) is 2.55. The van der Waals surface area contributed by atoms with Gasteiger partial charge in [-0.25, -0.2) is 0 Å². The monoisotopic (exact) mass is 396 g/mol. The average Bonchev–Trinajstić information content (AvgIpc) is 2.66. The normalized spacial score (nSPS) is 26.5. The average molecular weight is 396 g/mol. The van der Waals surface area contributed by atoms with Crippen LogP contribution in [0.1, 0.15) is 38.7 Å². The first-order chi connectivity index (χ1) is 13.8. The van der Waals surface area contributed by atoms with Crippen molar-refractivity contribution in [3.8, 4) is 5.75 Å². The zero-order valence-electron chi connectivity index (χ0n) is 17.2. The third-order valence-electron chi connectivity index (χ3n) is 6.00. The van der Waals surface area contributed by atoms with Gasteiger partial charge in [-0.2, -0.15) is 0 Å². The minimum Gasteiger partial charge on any atom is -0.508 e. The smallest absolute Gasteiger partial charge is 0.252 e. The van der Waals surface area contributed by atoms with Crippen LogP contribution < -0.4 is 5.32 Å². The Hall–Kier alpha value is -2.60. The van der Waals surface area contributed by atoms with E-state index in [1.165, 1.54) is 0 Å². The Morgan fingerprint density at radius 1 is 1.24 bits per heavy atom. The van der Waals surface area contributed by atoms with Gasteiger partial charge in [0.2, 0.25) is 0 Å². The van der Waals surface area contributed by atoms with Crippen LogP contribution in [-0.2, 0) is 14.3 Å². The molecule has 0 bridgehead atoms. The summed E-state index contributed by atoms with van der Waals surface area (Å²) in [5.74, 6) is -0.690. The minimum atomic E-state index is -0.450. The number of carbonyl (C=O) groups excluding carboxylic acids is 2. The van der Waals surface area contributed by atoms with Crippen molar-refractivity contribution in [2.24, 2.45) is 11.3 Å². The summed E-state index contributed by atoms with van der Waals surface area (Å²) in [5, 5.41) is 13.5. The molecule has 1 saturated heterocycles. The Balaban J connectivity index is 1.85. The van der Waals surface area contributed by atoms with E-state index in [4.69, 9.17) is 4.74 Å². The van der Waals surface area contributed by atoms with E-state index in [2.05, 4.69) is 11.4 Å². The lowest BCUT2D eigenvalue weighted by atomic mass is 9.66. The highest BCUT2D eigenvalue weighted by Crippen LogP contribution is 2.47. The number of hydrogen-bond acceptors (Lipinski definition) is 5. The number of ether oxygens (including phenoxy) is 1. The molecule has 0 aromatic heterocycles. The molecule has 0 spiro atoms. The van der Waals surface area contributed by atoms with Gasteiger partial charge in [-0.1, -0.05) is 32.1 Å². The Morgan fingerprint density at radius 3 is 2.66 bits per heavy atom. The molecule has 2 aliphatic heterocycles. The molecule has 1 amide bonds. The number of nitrogens with one attached hydrogen (secondary N) is 1. The highest BCUT2D eigenvalue weighted by atomic mass is 16.5. The van der Waals surface area contributed by atoms with Crippen LogP contribution in [0.4, 0.5) is 0 Å². The van der Waals surface area contributed by atoms with Crippen LogP contribution in [0.5, 0.6) is 5.75 Å². The van der Waals surface area contributed by atoms with Gasteiger partial charge in [-0.05, 0) is 30.0 Å². The van der Waals surface area contributed by atoms with Gasteiger partial charge < -0.3 is 20.1 Å². The van der Waals surface area contributed by atoms with Crippen LogP contribution in [-0.4, -0.2) is 48.0 Å². The predicted octanol–water partition coefficient (Wildman–Crippen LogP) is 2.71. The number of phenols is 1. The first kappa shape index (κ1) is 19.7. The van der Waals surface area contributed by atoms with Crippen molar-refractivity contribution in [3.63, 3.8) is 0 Å². The first-order valence-corrected chi connectivity index (χ1v) is 10.2. The second kappa shape index (κ2) is 7.34. The summed E-state index contributed by atoms with van der Waals surface area (Å²) in [5.41, 5.74) is 2.78. The zero-order chi connectivity index (χ0) is 20.8. The minimum absolute atomic E-state index is 0.0664. The van der Waals surface area contributed by atoms with Gasteiger partial charge in [0.05, 0.1) is 19.1 Å². The number of Topliss-reactive ketones (excluding diaryl/α,β-unsaturated/α-hetero) is 1. The maximum atomic E-state index is 13.5. The number of rotatable bonds is 2. The number of carbonyl (C=O) groups is 2. The van der Waals surface area contributed by atoms with Gasteiger partial charge in [-0.3, -0.25) is 9.59 Å². The molecule has 1 aliphatic carbocycles. The van der Waals surface area contributed by atoms with Crippen molar-refractivity contribution in [1.82, 2.24) is 10.2 Å². The van der Waals surface area contributed by atoms with E-state index in [9.17, 15) is 14.7 Å². The molecule has 0 saturated carbocycles. The zero-order valence-corrected chi connectivity index (χ0v) is 17.2.